The first-order valence-electron chi connectivity index (χ1n) is 4.98. The maximum Gasteiger partial charge on any atom is 0.333 e. The first-order chi connectivity index (χ1) is 8.37. The van der Waals surface area contributed by atoms with E-state index in [9.17, 15) is 14.4 Å². The van der Waals surface area contributed by atoms with Gasteiger partial charge in [0.25, 0.3) is 0 Å². The van der Waals surface area contributed by atoms with Gasteiger partial charge in [-0.25, -0.2) is 4.79 Å². The van der Waals surface area contributed by atoms with Crippen LogP contribution in [0.25, 0.3) is 0 Å². The number of methoxy groups -OCH3 is 1. The highest BCUT2D eigenvalue weighted by Gasteiger charge is 2.55. The third-order valence-electron chi connectivity index (χ3n) is 2.53. The largest absolute Gasteiger partial charge is 0.467 e. The molecule has 2 atom stereocenters. The molecular formula is C10H11N3O4S. The van der Waals surface area contributed by atoms with E-state index >= 15 is 0 Å². The van der Waals surface area contributed by atoms with Crippen LogP contribution < -0.4 is 10.6 Å². The molecule has 0 aromatic heterocycles. The summed E-state index contributed by atoms with van der Waals surface area (Å²) in [5, 5.41) is 13.7. The van der Waals surface area contributed by atoms with E-state index in [-0.39, 0.29) is 17.3 Å². The van der Waals surface area contributed by atoms with Crippen molar-refractivity contribution in [3.63, 3.8) is 0 Å². The quantitative estimate of drug-likeness (QED) is 0.500. The fraction of sp³-hybridized carbons (Fsp3) is 0.500. The second-order valence-corrected chi connectivity index (χ2v) is 4.26. The third kappa shape index (κ3) is 2.31. The van der Waals surface area contributed by atoms with Crippen LogP contribution in [0.3, 0.4) is 0 Å². The number of rotatable bonds is 3. The van der Waals surface area contributed by atoms with E-state index in [1.165, 1.54) is 6.92 Å². The maximum absolute atomic E-state index is 11.9. The first kappa shape index (κ1) is 14.1. The van der Waals surface area contributed by atoms with Gasteiger partial charge in [0, 0.05) is 6.42 Å². The topological polar surface area (TPSA) is 108 Å². The smallest absolute Gasteiger partial charge is 0.333 e. The van der Waals surface area contributed by atoms with E-state index in [0.717, 1.165) is 7.11 Å². The number of carbonyl (C=O) groups is 3. The van der Waals surface area contributed by atoms with Gasteiger partial charge in [0.1, 0.15) is 5.78 Å². The molecule has 0 spiro atoms. The Morgan fingerprint density at radius 2 is 2.22 bits per heavy atom. The minimum atomic E-state index is -1.76. The maximum atomic E-state index is 11.9. The highest BCUT2D eigenvalue weighted by Crippen LogP contribution is 2.26. The van der Waals surface area contributed by atoms with Gasteiger partial charge >= 0.3 is 5.97 Å². The number of hydrogen-bond acceptors (Lipinski definition) is 6. The van der Waals surface area contributed by atoms with Crippen molar-refractivity contribution in [1.82, 2.24) is 10.6 Å². The fourth-order valence-corrected chi connectivity index (χ4v) is 2.13. The van der Waals surface area contributed by atoms with Gasteiger partial charge in [0.2, 0.25) is 5.91 Å². The second kappa shape index (κ2) is 5.10. The molecule has 18 heavy (non-hydrogen) atoms. The van der Waals surface area contributed by atoms with E-state index in [1.54, 1.807) is 6.07 Å². The summed E-state index contributed by atoms with van der Waals surface area (Å²) in [6.07, 6.45) is -0.356. The molecule has 0 bridgehead atoms. The number of thiocarbonyl (C=S) groups is 1. The minimum absolute atomic E-state index is 0.113. The van der Waals surface area contributed by atoms with Crippen molar-refractivity contribution in [3.05, 3.63) is 0 Å². The Morgan fingerprint density at radius 3 is 2.67 bits per heavy atom. The van der Waals surface area contributed by atoms with E-state index in [4.69, 9.17) is 17.5 Å². The Morgan fingerprint density at radius 1 is 1.61 bits per heavy atom. The van der Waals surface area contributed by atoms with Gasteiger partial charge in [-0.15, -0.1) is 0 Å². The number of ketones is 1. The molecule has 0 aromatic rings. The van der Waals surface area contributed by atoms with Crippen LogP contribution in [0.4, 0.5) is 0 Å². The summed E-state index contributed by atoms with van der Waals surface area (Å²) in [7, 11) is 1.11. The van der Waals surface area contributed by atoms with Crippen LogP contribution in [-0.4, -0.2) is 35.4 Å². The number of carbonyl (C=O) groups excluding carboxylic acids is 3. The zero-order valence-corrected chi connectivity index (χ0v) is 10.6. The van der Waals surface area contributed by atoms with Crippen molar-refractivity contribution in [2.45, 2.75) is 18.9 Å². The summed E-state index contributed by atoms with van der Waals surface area (Å²) in [6.45, 7) is 1.25. The zero-order chi connectivity index (χ0) is 13.9. The van der Waals surface area contributed by atoms with Gasteiger partial charge in [0.15, 0.2) is 16.6 Å². The normalized spacial score (nSPS) is 26.6. The summed E-state index contributed by atoms with van der Waals surface area (Å²) < 4.78 is 4.58. The van der Waals surface area contributed by atoms with Gasteiger partial charge in [-0.3, -0.25) is 9.59 Å². The van der Waals surface area contributed by atoms with Crippen molar-refractivity contribution in [2.75, 3.05) is 7.11 Å². The monoisotopic (exact) mass is 269 g/mol. The van der Waals surface area contributed by atoms with Crippen LogP contribution in [0.1, 0.15) is 13.3 Å². The molecule has 2 N–H and O–H groups in total. The Kier molecular flexibility index (Phi) is 3.98. The minimum Gasteiger partial charge on any atom is -0.467 e. The lowest BCUT2D eigenvalue weighted by Gasteiger charge is -2.38. The molecule has 0 radical (unpaired) electrons. The van der Waals surface area contributed by atoms with E-state index in [1.807, 2.05) is 0 Å². The summed E-state index contributed by atoms with van der Waals surface area (Å²) in [5.74, 6) is -3.36. The van der Waals surface area contributed by atoms with Crippen LogP contribution in [-0.2, 0) is 19.1 Å². The van der Waals surface area contributed by atoms with Gasteiger partial charge in [-0.1, -0.05) is 0 Å². The lowest BCUT2D eigenvalue weighted by atomic mass is 9.78. The van der Waals surface area contributed by atoms with E-state index in [2.05, 4.69) is 15.4 Å². The van der Waals surface area contributed by atoms with Gasteiger partial charge in [0.05, 0.1) is 13.2 Å². The average molecular weight is 269 g/mol. The standard InChI is InChI=1S/C10H11N3O4S/c1-5(14)3-10(8(16)17-2)6(4-11)7(15)12-9(18)13-10/h6H,3H2,1-2H3,(H2,12,13,15,18)/t6-,10-/m1/s1. The molecule has 1 rings (SSSR count). The number of nitrogens with one attached hydrogen (secondary N) is 2. The molecule has 1 heterocycles. The molecule has 7 nitrogen and oxygen atoms in total. The van der Waals surface area contributed by atoms with Gasteiger partial charge in [-0.2, -0.15) is 5.26 Å². The molecule has 1 amide bonds. The number of Topliss-reactive ketones (excluding diaryl/α,β-unsaturated/α-hetero) is 1. The Balaban J connectivity index is 3.31. The molecule has 1 saturated heterocycles. The second-order valence-electron chi connectivity index (χ2n) is 3.85. The number of esters is 1. The predicted octanol–water partition coefficient (Wildman–Crippen LogP) is -0.979. The SMILES string of the molecule is COC(=O)[C@]1(CC(C)=O)NC(=S)NC(=O)[C@H]1C#N. The number of ether oxygens (including phenoxy) is 1. The number of hydrogen-bond donors (Lipinski definition) is 2. The van der Waals surface area contributed by atoms with Gasteiger partial charge < -0.3 is 15.4 Å². The summed E-state index contributed by atoms with van der Waals surface area (Å²) in [6, 6.07) is 1.70. The molecule has 96 valence electrons. The Bertz CT molecular complexity index is 466. The van der Waals surface area contributed by atoms with Crippen LogP contribution in [0.2, 0.25) is 0 Å². The predicted molar refractivity (Wildman–Crippen MR) is 63.0 cm³/mol. The van der Waals surface area contributed by atoms with Crippen LogP contribution in [0.5, 0.6) is 0 Å². The number of nitriles is 1. The molecule has 8 heteroatoms. The Labute approximate surface area is 108 Å². The summed E-state index contributed by atoms with van der Waals surface area (Å²) in [5.41, 5.74) is -1.76. The van der Waals surface area contributed by atoms with Crippen molar-refractivity contribution in [2.24, 2.45) is 5.92 Å². The van der Waals surface area contributed by atoms with Crippen molar-refractivity contribution < 1.29 is 19.1 Å². The van der Waals surface area contributed by atoms with Gasteiger partial charge in [-0.05, 0) is 19.1 Å². The Hall–Kier alpha value is -2.01. The lowest BCUT2D eigenvalue weighted by Crippen LogP contribution is -2.70. The third-order valence-corrected chi connectivity index (χ3v) is 2.74. The molecule has 1 fully saturated rings. The van der Waals surface area contributed by atoms with E-state index in [0.29, 0.717) is 0 Å². The van der Waals surface area contributed by atoms with Crippen LogP contribution >= 0.6 is 12.2 Å². The molecule has 0 unspecified atom stereocenters. The molecular weight excluding hydrogens is 258 g/mol. The average Bonchev–Trinajstić information content (AvgIpc) is 2.26. The van der Waals surface area contributed by atoms with Crippen molar-refractivity contribution in [1.29, 1.82) is 5.26 Å². The fourth-order valence-electron chi connectivity index (χ4n) is 1.84. The first-order valence-corrected chi connectivity index (χ1v) is 5.38. The molecule has 0 aromatic carbocycles. The van der Waals surface area contributed by atoms with Crippen LogP contribution in [0.15, 0.2) is 0 Å². The number of amides is 1. The number of nitrogens with zero attached hydrogens (tertiary/aromatic N) is 1. The summed E-state index contributed by atoms with van der Waals surface area (Å²) >= 11 is 4.78. The lowest BCUT2D eigenvalue weighted by molar-refractivity contribution is -0.154. The summed E-state index contributed by atoms with van der Waals surface area (Å²) in [4.78, 5) is 34.8. The van der Waals surface area contributed by atoms with Crippen molar-refractivity contribution >= 4 is 35.0 Å². The van der Waals surface area contributed by atoms with E-state index < -0.39 is 23.3 Å². The molecule has 1 aliphatic heterocycles. The molecule has 0 aliphatic carbocycles. The highest BCUT2D eigenvalue weighted by molar-refractivity contribution is 7.80. The molecule has 1 aliphatic rings. The zero-order valence-electron chi connectivity index (χ0n) is 9.77. The van der Waals surface area contributed by atoms with Crippen molar-refractivity contribution in [3.8, 4) is 6.07 Å². The highest BCUT2D eigenvalue weighted by atomic mass is 32.1. The van der Waals surface area contributed by atoms with Crippen LogP contribution in [0, 0.1) is 17.2 Å². The molecule has 0 saturated carbocycles.